The van der Waals surface area contributed by atoms with Crippen molar-refractivity contribution >= 4 is 17.8 Å². The number of carbonyl (C=O) groups excluding carboxylic acids is 3. The number of hydrogen-bond donors (Lipinski definition) is 1. The van der Waals surface area contributed by atoms with Gasteiger partial charge in [-0.1, -0.05) is 37.1 Å². The number of nitrogens with one attached hydrogen (secondary N) is 1. The molecule has 6 nitrogen and oxygen atoms in total. The molecular formula is C26H27F3N2O4. The van der Waals surface area contributed by atoms with Crippen LogP contribution < -0.4 is 5.32 Å². The van der Waals surface area contributed by atoms with Crippen LogP contribution in [0.4, 0.5) is 13.2 Å². The first-order valence-corrected chi connectivity index (χ1v) is 11.7. The van der Waals surface area contributed by atoms with Gasteiger partial charge in [-0.25, -0.2) is 18.0 Å². The first-order valence-electron chi connectivity index (χ1n) is 11.7. The molecule has 1 heterocycles. The van der Waals surface area contributed by atoms with Gasteiger partial charge in [0.2, 0.25) is 11.8 Å². The van der Waals surface area contributed by atoms with E-state index in [-0.39, 0.29) is 37.5 Å². The van der Waals surface area contributed by atoms with Crippen LogP contribution in [0.1, 0.15) is 49.7 Å². The number of likely N-dealkylation sites (tertiary alicyclic amines) is 1. The summed E-state index contributed by atoms with van der Waals surface area (Å²) in [5.74, 6) is -3.29. The minimum Gasteiger partial charge on any atom is -0.459 e. The molecule has 1 saturated heterocycles. The summed E-state index contributed by atoms with van der Waals surface area (Å²) in [6.45, 7) is -0.175. The Kier molecular flexibility index (Phi) is 7.73. The van der Waals surface area contributed by atoms with Gasteiger partial charge in [0.15, 0.2) is 11.6 Å². The molecule has 2 aliphatic rings. The van der Waals surface area contributed by atoms with Crippen LogP contribution in [0.3, 0.4) is 0 Å². The summed E-state index contributed by atoms with van der Waals surface area (Å²) < 4.78 is 46.1. The monoisotopic (exact) mass is 488 g/mol. The standard InChI is InChI=1S/C26H27F3N2O4/c27-19-8-6-17(7-9-19)15-35-26(34)22(12-16-4-5-16)30-23(32)13-20-10-11-24(33)31(20)14-18-2-1-3-21(28)25(18)29/h1-3,6-9,16,20,22H,4-5,10-15H2,(H,30,32)/t20-,22-/m0/s1. The van der Waals surface area contributed by atoms with Crippen molar-refractivity contribution in [3.8, 4) is 0 Å². The fraction of sp³-hybridized carbons (Fsp3) is 0.423. The molecule has 9 heteroatoms. The minimum absolute atomic E-state index is 0.0414. The van der Waals surface area contributed by atoms with Crippen LogP contribution >= 0.6 is 0 Å². The van der Waals surface area contributed by atoms with Crippen molar-refractivity contribution in [2.45, 2.75) is 63.8 Å². The van der Waals surface area contributed by atoms with Crippen LogP contribution in [0.15, 0.2) is 42.5 Å². The molecule has 186 valence electrons. The highest BCUT2D eigenvalue weighted by molar-refractivity contribution is 5.86. The van der Waals surface area contributed by atoms with E-state index in [4.69, 9.17) is 4.74 Å². The maximum atomic E-state index is 14.1. The molecule has 0 spiro atoms. The van der Waals surface area contributed by atoms with E-state index in [2.05, 4.69) is 5.32 Å². The lowest BCUT2D eigenvalue weighted by Crippen LogP contribution is -2.44. The third kappa shape index (κ3) is 6.61. The van der Waals surface area contributed by atoms with Gasteiger partial charge in [-0.3, -0.25) is 9.59 Å². The Bertz CT molecular complexity index is 1090. The quantitative estimate of drug-likeness (QED) is 0.513. The molecule has 2 fully saturated rings. The Morgan fingerprint density at radius 1 is 1.06 bits per heavy atom. The van der Waals surface area contributed by atoms with Crippen molar-refractivity contribution in [1.82, 2.24) is 10.2 Å². The number of halogens is 3. The van der Waals surface area contributed by atoms with Gasteiger partial charge in [-0.2, -0.15) is 0 Å². The Balaban J connectivity index is 1.35. The molecule has 1 N–H and O–H groups in total. The predicted octanol–water partition coefficient (Wildman–Crippen LogP) is 4.01. The molecule has 0 aromatic heterocycles. The number of amides is 2. The molecular weight excluding hydrogens is 461 g/mol. The molecule has 35 heavy (non-hydrogen) atoms. The van der Waals surface area contributed by atoms with E-state index in [1.54, 1.807) is 0 Å². The van der Waals surface area contributed by atoms with E-state index in [0.29, 0.717) is 24.3 Å². The molecule has 1 saturated carbocycles. The number of rotatable bonds is 10. The van der Waals surface area contributed by atoms with Gasteiger partial charge >= 0.3 is 5.97 Å². The summed E-state index contributed by atoms with van der Waals surface area (Å²) in [5, 5.41) is 2.73. The topological polar surface area (TPSA) is 75.7 Å². The molecule has 1 aliphatic carbocycles. The van der Waals surface area contributed by atoms with Gasteiger partial charge in [0.25, 0.3) is 0 Å². The second-order valence-electron chi connectivity index (χ2n) is 9.16. The van der Waals surface area contributed by atoms with Gasteiger partial charge < -0.3 is 15.0 Å². The maximum absolute atomic E-state index is 14.1. The van der Waals surface area contributed by atoms with Crippen LogP contribution in [0.2, 0.25) is 0 Å². The van der Waals surface area contributed by atoms with Gasteiger partial charge in [0.1, 0.15) is 18.5 Å². The zero-order valence-corrected chi connectivity index (χ0v) is 19.1. The van der Waals surface area contributed by atoms with Crippen molar-refractivity contribution in [3.63, 3.8) is 0 Å². The van der Waals surface area contributed by atoms with Crippen LogP contribution in [0.5, 0.6) is 0 Å². The van der Waals surface area contributed by atoms with Crippen LogP contribution in [0, 0.1) is 23.4 Å². The highest BCUT2D eigenvalue weighted by Gasteiger charge is 2.35. The molecule has 4 rings (SSSR count). The Labute approximate surface area is 201 Å². The molecule has 2 amide bonds. The summed E-state index contributed by atoms with van der Waals surface area (Å²) in [6.07, 6.45) is 2.96. The molecule has 1 aliphatic heterocycles. The SMILES string of the molecule is O=C(C[C@@H]1CCC(=O)N1Cc1cccc(F)c1F)N[C@@H](CC1CC1)C(=O)OCc1ccc(F)cc1. The van der Waals surface area contributed by atoms with Gasteiger partial charge in [0.05, 0.1) is 0 Å². The summed E-state index contributed by atoms with van der Waals surface area (Å²) in [7, 11) is 0. The number of ether oxygens (including phenoxy) is 1. The minimum atomic E-state index is -1.01. The van der Waals surface area contributed by atoms with Gasteiger partial charge in [-0.05, 0) is 42.5 Å². The van der Waals surface area contributed by atoms with E-state index < -0.39 is 41.4 Å². The third-order valence-corrected chi connectivity index (χ3v) is 6.43. The highest BCUT2D eigenvalue weighted by Crippen LogP contribution is 2.34. The predicted molar refractivity (Wildman–Crippen MR) is 120 cm³/mol. The van der Waals surface area contributed by atoms with Crippen LogP contribution in [-0.4, -0.2) is 34.8 Å². The fourth-order valence-corrected chi connectivity index (χ4v) is 4.28. The van der Waals surface area contributed by atoms with E-state index in [1.165, 1.54) is 41.3 Å². The Morgan fingerprint density at radius 2 is 1.80 bits per heavy atom. The third-order valence-electron chi connectivity index (χ3n) is 6.43. The normalized spacial score (nSPS) is 18.4. The van der Waals surface area contributed by atoms with Crippen LogP contribution in [0.25, 0.3) is 0 Å². The maximum Gasteiger partial charge on any atom is 0.328 e. The average Bonchev–Trinajstić information content (AvgIpc) is 3.59. The number of benzene rings is 2. The summed E-state index contributed by atoms with van der Waals surface area (Å²) in [5.41, 5.74) is 0.669. The van der Waals surface area contributed by atoms with E-state index in [0.717, 1.165) is 18.9 Å². The molecule has 2 atom stereocenters. The largest absolute Gasteiger partial charge is 0.459 e. The molecule has 0 unspecified atom stereocenters. The van der Waals surface area contributed by atoms with E-state index in [1.807, 2.05) is 0 Å². The van der Waals surface area contributed by atoms with E-state index >= 15 is 0 Å². The Hall–Kier alpha value is -3.36. The van der Waals surface area contributed by atoms with Crippen molar-refractivity contribution < 1.29 is 32.3 Å². The number of nitrogens with zero attached hydrogens (tertiary/aromatic N) is 1. The molecule has 2 aromatic carbocycles. The average molecular weight is 489 g/mol. The van der Waals surface area contributed by atoms with Crippen LogP contribution in [-0.2, 0) is 32.3 Å². The van der Waals surface area contributed by atoms with Crippen molar-refractivity contribution in [2.24, 2.45) is 5.92 Å². The van der Waals surface area contributed by atoms with Crippen molar-refractivity contribution in [3.05, 3.63) is 71.0 Å². The lowest BCUT2D eigenvalue weighted by Gasteiger charge is -2.26. The number of carbonyl (C=O) groups is 3. The number of esters is 1. The first-order chi connectivity index (χ1) is 16.8. The van der Waals surface area contributed by atoms with Crippen molar-refractivity contribution in [2.75, 3.05) is 0 Å². The number of hydrogen-bond acceptors (Lipinski definition) is 4. The summed E-state index contributed by atoms with van der Waals surface area (Å²) in [6, 6.07) is 8.05. The lowest BCUT2D eigenvalue weighted by atomic mass is 10.1. The lowest BCUT2D eigenvalue weighted by molar-refractivity contribution is -0.149. The second-order valence-corrected chi connectivity index (χ2v) is 9.16. The van der Waals surface area contributed by atoms with Gasteiger partial charge in [0, 0.05) is 31.0 Å². The Morgan fingerprint density at radius 3 is 2.51 bits per heavy atom. The summed E-state index contributed by atoms with van der Waals surface area (Å²) >= 11 is 0. The zero-order chi connectivity index (χ0) is 24.9. The summed E-state index contributed by atoms with van der Waals surface area (Å²) in [4.78, 5) is 39.3. The van der Waals surface area contributed by atoms with E-state index in [9.17, 15) is 27.6 Å². The second kappa shape index (κ2) is 10.9. The first kappa shape index (κ1) is 24.8. The smallest absolute Gasteiger partial charge is 0.328 e. The molecule has 0 radical (unpaired) electrons. The van der Waals surface area contributed by atoms with Crippen molar-refractivity contribution in [1.29, 1.82) is 0 Å². The fourth-order valence-electron chi connectivity index (χ4n) is 4.28. The highest BCUT2D eigenvalue weighted by atomic mass is 19.2. The molecule has 2 aromatic rings. The molecule has 0 bridgehead atoms. The van der Waals surface area contributed by atoms with Gasteiger partial charge in [-0.15, -0.1) is 0 Å². The zero-order valence-electron chi connectivity index (χ0n) is 19.1.